The van der Waals surface area contributed by atoms with Crippen LogP contribution in [0, 0.1) is 0 Å². The van der Waals surface area contributed by atoms with Crippen LogP contribution >= 0.6 is 11.3 Å². The first-order valence-corrected chi connectivity index (χ1v) is 12.6. The molecule has 36 heavy (non-hydrogen) atoms. The second kappa shape index (κ2) is 9.67. The van der Waals surface area contributed by atoms with E-state index in [1.165, 1.54) is 11.3 Å². The van der Waals surface area contributed by atoms with Crippen LogP contribution in [0.15, 0.2) is 48.7 Å². The normalized spacial score (nSPS) is 14.7. The number of fused-ring (bicyclic) bond motifs is 1. The Balaban J connectivity index is 1.30. The molecule has 5 rings (SSSR count). The van der Waals surface area contributed by atoms with Crippen LogP contribution < -0.4 is 15.5 Å². The fourth-order valence-electron chi connectivity index (χ4n) is 4.11. The van der Waals surface area contributed by atoms with Crippen molar-refractivity contribution in [1.29, 1.82) is 0 Å². The second-order valence-electron chi connectivity index (χ2n) is 9.36. The molecule has 1 saturated heterocycles. The monoisotopic (exact) mass is 504 g/mol. The van der Waals surface area contributed by atoms with Gasteiger partial charge in [0, 0.05) is 37.9 Å². The Labute approximate surface area is 212 Å². The first-order valence-electron chi connectivity index (χ1n) is 11.7. The highest BCUT2D eigenvalue weighted by molar-refractivity contribution is 7.20. The van der Waals surface area contributed by atoms with Crippen molar-refractivity contribution >= 4 is 45.1 Å². The molecule has 1 aromatic carbocycles. The topological polar surface area (TPSA) is 119 Å². The molecule has 10 nitrogen and oxygen atoms in total. The van der Waals surface area contributed by atoms with Crippen LogP contribution in [0.2, 0.25) is 0 Å². The summed E-state index contributed by atoms with van der Waals surface area (Å²) in [5.41, 5.74) is 1.34. The molecule has 0 aliphatic carbocycles. The number of benzene rings is 1. The van der Waals surface area contributed by atoms with E-state index in [2.05, 4.69) is 47.6 Å². The average Bonchev–Trinajstić information content (AvgIpc) is 3.47. The summed E-state index contributed by atoms with van der Waals surface area (Å²) in [6, 6.07) is 13.2. The van der Waals surface area contributed by atoms with Crippen molar-refractivity contribution in [2.75, 3.05) is 43.4 Å². The summed E-state index contributed by atoms with van der Waals surface area (Å²) in [5, 5.41) is 13.2. The van der Waals surface area contributed by atoms with Gasteiger partial charge >= 0.3 is 0 Å². The van der Waals surface area contributed by atoms with E-state index >= 15 is 0 Å². The lowest BCUT2D eigenvalue weighted by molar-refractivity contribution is 0.0911. The fraction of sp³-hybridized carbons (Fsp3) is 0.320. The van der Waals surface area contributed by atoms with Gasteiger partial charge in [0.05, 0.1) is 5.54 Å². The van der Waals surface area contributed by atoms with Gasteiger partial charge in [0.15, 0.2) is 10.8 Å². The smallest absolute Gasteiger partial charge is 0.281 e. The molecule has 3 N–H and O–H groups in total. The van der Waals surface area contributed by atoms with Gasteiger partial charge in [-0.05, 0) is 38.6 Å². The molecule has 1 aliphatic heterocycles. The van der Waals surface area contributed by atoms with Gasteiger partial charge < -0.3 is 20.4 Å². The Bertz CT molecular complexity index is 1390. The lowest BCUT2D eigenvalue weighted by atomic mass is 9.94. The Kier molecular flexibility index (Phi) is 6.42. The van der Waals surface area contributed by atoms with Gasteiger partial charge in [0.25, 0.3) is 11.8 Å². The second-order valence-corrected chi connectivity index (χ2v) is 10.4. The van der Waals surface area contributed by atoms with Gasteiger partial charge in [-0.1, -0.05) is 41.7 Å². The molecule has 1 aliphatic rings. The van der Waals surface area contributed by atoms with Crippen molar-refractivity contribution in [3.05, 3.63) is 64.8 Å². The minimum Gasteiger partial charge on any atom is -0.354 e. The molecule has 1 fully saturated rings. The number of likely N-dealkylation sites (N-methyl/N-ethyl adjacent to an activating group) is 1. The number of aromatic nitrogens is 4. The predicted octanol–water partition coefficient (Wildman–Crippen LogP) is 3.08. The van der Waals surface area contributed by atoms with Crippen LogP contribution in [-0.4, -0.2) is 70.1 Å². The van der Waals surface area contributed by atoms with Crippen molar-refractivity contribution in [2.24, 2.45) is 0 Å². The molecule has 2 amide bonds. The van der Waals surface area contributed by atoms with Crippen molar-refractivity contribution in [3.63, 3.8) is 0 Å². The molecule has 0 unspecified atom stereocenters. The summed E-state index contributed by atoms with van der Waals surface area (Å²) in [7, 11) is 2.09. The lowest BCUT2D eigenvalue weighted by Crippen LogP contribution is -2.44. The number of piperazine rings is 1. The number of aromatic amines is 1. The summed E-state index contributed by atoms with van der Waals surface area (Å²) >= 11 is 1.19. The maximum atomic E-state index is 13.0. The zero-order valence-corrected chi connectivity index (χ0v) is 21.2. The third-order valence-electron chi connectivity index (χ3n) is 6.30. The van der Waals surface area contributed by atoms with Crippen LogP contribution in [0.1, 0.15) is 39.6 Å². The highest BCUT2D eigenvalue weighted by Crippen LogP contribution is 2.28. The molecule has 0 saturated carbocycles. The van der Waals surface area contributed by atoms with Crippen LogP contribution in [0.5, 0.6) is 0 Å². The van der Waals surface area contributed by atoms with E-state index < -0.39 is 5.54 Å². The predicted molar refractivity (Wildman–Crippen MR) is 141 cm³/mol. The number of nitrogens with zero attached hydrogens (tertiary/aromatic N) is 5. The van der Waals surface area contributed by atoms with Gasteiger partial charge in [0.2, 0.25) is 0 Å². The zero-order valence-electron chi connectivity index (χ0n) is 20.4. The highest BCUT2D eigenvalue weighted by atomic mass is 32.1. The molecule has 0 bridgehead atoms. The number of thiazole rings is 1. The SMILES string of the molecule is CN1CCN(c2cc(C(=O)Nc3n[nH]c4sc(C(=O)NC(C)(C)c5ccccc5)nc34)ccn2)CC1. The Hall–Kier alpha value is -3.83. The Morgan fingerprint density at radius 2 is 1.81 bits per heavy atom. The number of anilines is 2. The lowest BCUT2D eigenvalue weighted by Gasteiger charge is -2.33. The number of hydrogen-bond donors (Lipinski definition) is 3. The molecular formula is C25H28N8O2S. The summed E-state index contributed by atoms with van der Waals surface area (Å²) < 4.78 is 0. The van der Waals surface area contributed by atoms with Crippen molar-refractivity contribution in [1.82, 2.24) is 30.4 Å². The number of rotatable bonds is 6. The van der Waals surface area contributed by atoms with Gasteiger partial charge in [0.1, 0.15) is 16.2 Å². The minimum atomic E-state index is -0.574. The highest BCUT2D eigenvalue weighted by Gasteiger charge is 2.26. The Morgan fingerprint density at radius 1 is 1.06 bits per heavy atom. The van der Waals surface area contributed by atoms with Gasteiger partial charge in [-0.2, -0.15) is 5.10 Å². The van der Waals surface area contributed by atoms with Gasteiger partial charge in [-0.3, -0.25) is 14.7 Å². The van der Waals surface area contributed by atoms with E-state index in [0.29, 0.717) is 20.9 Å². The molecule has 4 heterocycles. The van der Waals surface area contributed by atoms with Crippen molar-refractivity contribution in [2.45, 2.75) is 19.4 Å². The first-order chi connectivity index (χ1) is 17.3. The third-order valence-corrected chi connectivity index (χ3v) is 7.26. The molecule has 4 aromatic rings. The third kappa shape index (κ3) is 4.93. The van der Waals surface area contributed by atoms with Gasteiger partial charge in [-0.25, -0.2) is 9.97 Å². The number of nitrogens with one attached hydrogen (secondary N) is 3. The average molecular weight is 505 g/mol. The quantitative estimate of drug-likeness (QED) is 0.369. The molecule has 0 radical (unpaired) electrons. The standard InChI is InChI=1S/C25H28N8O2S/c1-25(2,17-7-5-4-6-8-17)29-22(35)24-27-19-20(30-31-23(19)36-24)28-21(34)16-9-10-26-18(15-16)33-13-11-32(3)12-14-33/h4-10,15H,11-14H2,1-3H3,(H,29,35)(H2,28,30,31,34). The van der Waals surface area contributed by atoms with Crippen LogP contribution in [-0.2, 0) is 5.54 Å². The van der Waals surface area contributed by atoms with Gasteiger partial charge in [-0.15, -0.1) is 0 Å². The minimum absolute atomic E-state index is 0.283. The summed E-state index contributed by atoms with van der Waals surface area (Å²) in [6.45, 7) is 7.51. The van der Waals surface area contributed by atoms with Crippen LogP contribution in [0.25, 0.3) is 10.3 Å². The first kappa shape index (κ1) is 23.9. The molecule has 3 aromatic heterocycles. The van der Waals surface area contributed by atoms with E-state index in [-0.39, 0.29) is 17.6 Å². The number of amides is 2. The molecule has 0 spiro atoms. The van der Waals surface area contributed by atoms with E-state index in [4.69, 9.17) is 0 Å². The maximum Gasteiger partial charge on any atom is 0.281 e. The van der Waals surface area contributed by atoms with Crippen LogP contribution in [0.3, 0.4) is 0 Å². The number of hydrogen-bond acceptors (Lipinski definition) is 8. The van der Waals surface area contributed by atoms with Crippen molar-refractivity contribution < 1.29 is 9.59 Å². The van der Waals surface area contributed by atoms with E-state index in [1.807, 2.05) is 44.2 Å². The van der Waals surface area contributed by atoms with E-state index in [1.54, 1.807) is 18.3 Å². The molecule has 186 valence electrons. The van der Waals surface area contributed by atoms with Crippen molar-refractivity contribution in [3.8, 4) is 0 Å². The number of H-pyrrole nitrogens is 1. The summed E-state index contributed by atoms with van der Waals surface area (Å²) in [4.78, 5) is 39.9. The fourth-order valence-corrected chi connectivity index (χ4v) is 4.92. The Morgan fingerprint density at radius 3 is 2.56 bits per heavy atom. The largest absolute Gasteiger partial charge is 0.354 e. The maximum absolute atomic E-state index is 13.0. The summed E-state index contributed by atoms with van der Waals surface area (Å²) in [5.74, 6) is 0.453. The molecular weight excluding hydrogens is 476 g/mol. The van der Waals surface area contributed by atoms with Crippen LogP contribution in [0.4, 0.5) is 11.6 Å². The summed E-state index contributed by atoms with van der Waals surface area (Å²) in [6.07, 6.45) is 1.64. The van der Waals surface area contributed by atoms with E-state index in [9.17, 15) is 9.59 Å². The number of pyridine rings is 1. The molecule has 0 atom stereocenters. The van der Waals surface area contributed by atoms with E-state index in [0.717, 1.165) is 37.6 Å². The number of carbonyl (C=O) groups is 2. The number of carbonyl (C=O) groups excluding carboxylic acids is 2. The zero-order chi connectivity index (χ0) is 25.3. The molecule has 11 heteroatoms.